The first kappa shape index (κ1) is 29.0. The van der Waals surface area contributed by atoms with Crippen LogP contribution < -0.4 is 19.9 Å². The van der Waals surface area contributed by atoms with Crippen LogP contribution in [0.1, 0.15) is 21.5 Å². The Hall–Kier alpha value is -3.98. The average molecular weight is 631 g/mol. The molecular weight excluding hydrogens is 611 g/mol. The maximum Gasteiger partial charge on any atom is 0.419 e. The third kappa shape index (κ3) is 6.09. The quantitative estimate of drug-likeness (QED) is 0.187. The highest BCUT2D eigenvalue weighted by Crippen LogP contribution is 2.43. The SMILES string of the molecule is COc1ccc(N2CN(c3ccc(F)cc3COCCNC(=O)O)c3cc(C(F)(F)F)c(F)cc3C2=O)c(Br)n1. The van der Waals surface area contributed by atoms with Crippen molar-refractivity contribution in [2.24, 2.45) is 0 Å². The molecule has 0 unspecified atom stereocenters. The van der Waals surface area contributed by atoms with Gasteiger partial charge in [0, 0.05) is 23.9 Å². The third-order valence-electron chi connectivity index (χ3n) is 5.86. The maximum atomic E-state index is 14.6. The van der Waals surface area contributed by atoms with E-state index in [4.69, 9.17) is 14.6 Å². The summed E-state index contributed by atoms with van der Waals surface area (Å²) in [5, 5.41) is 10.8. The van der Waals surface area contributed by atoms with Crippen molar-refractivity contribution in [3.05, 3.63) is 75.4 Å². The van der Waals surface area contributed by atoms with E-state index in [9.17, 15) is 31.5 Å². The molecule has 0 saturated carbocycles. The Morgan fingerprint density at radius 3 is 2.48 bits per heavy atom. The summed E-state index contributed by atoms with van der Waals surface area (Å²) in [5.41, 5.74) is -1.65. The van der Waals surface area contributed by atoms with Crippen LogP contribution in [0.25, 0.3) is 0 Å². The van der Waals surface area contributed by atoms with Gasteiger partial charge >= 0.3 is 12.3 Å². The van der Waals surface area contributed by atoms with E-state index in [2.05, 4.69) is 26.2 Å². The fourth-order valence-electron chi connectivity index (χ4n) is 4.06. The minimum Gasteiger partial charge on any atom is -0.481 e. The number of hydrogen-bond acceptors (Lipinski definition) is 6. The molecule has 3 aromatic rings. The minimum absolute atomic E-state index is 0.0679. The molecule has 212 valence electrons. The molecule has 2 amide bonds. The van der Waals surface area contributed by atoms with Crippen LogP contribution in [0.3, 0.4) is 0 Å². The van der Waals surface area contributed by atoms with Crippen molar-refractivity contribution < 1.29 is 46.1 Å². The number of carbonyl (C=O) groups is 2. The standard InChI is InChI=1S/C25H20BrF5N4O5/c1-39-21-5-4-19(22(26)33-21)35-12-34(20-10-16(25(29,30)31)17(28)9-15(20)23(35)36)18-3-2-14(27)8-13(18)11-40-7-6-32-24(37)38/h2-5,8-10,32H,6-7,11-12H2,1H3,(H,37,38). The van der Waals surface area contributed by atoms with E-state index in [-0.39, 0.29) is 65.1 Å². The molecule has 1 aliphatic rings. The van der Waals surface area contributed by atoms with Gasteiger partial charge in [0.25, 0.3) is 5.91 Å². The monoisotopic (exact) mass is 630 g/mol. The predicted molar refractivity (Wildman–Crippen MR) is 136 cm³/mol. The van der Waals surface area contributed by atoms with Crippen LogP contribution >= 0.6 is 15.9 Å². The van der Waals surface area contributed by atoms with E-state index in [1.54, 1.807) is 0 Å². The molecule has 0 aliphatic carbocycles. The Morgan fingerprint density at radius 2 is 1.82 bits per heavy atom. The summed E-state index contributed by atoms with van der Waals surface area (Å²) in [7, 11) is 1.38. The first-order valence-electron chi connectivity index (χ1n) is 11.4. The van der Waals surface area contributed by atoms with Crippen molar-refractivity contribution in [3.63, 3.8) is 0 Å². The number of ether oxygens (including phenoxy) is 2. The van der Waals surface area contributed by atoms with E-state index in [1.165, 1.54) is 30.2 Å². The number of amides is 2. The van der Waals surface area contributed by atoms with Crippen molar-refractivity contribution in [3.8, 4) is 5.88 Å². The van der Waals surface area contributed by atoms with E-state index in [0.29, 0.717) is 12.1 Å². The van der Waals surface area contributed by atoms with Crippen molar-refractivity contribution in [2.45, 2.75) is 12.8 Å². The number of nitrogens with zero attached hydrogens (tertiary/aromatic N) is 3. The van der Waals surface area contributed by atoms with Gasteiger partial charge in [-0.1, -0.05) is 0 Å². The largest absolute Gasteiger partial charge is 0.481 e. The molecule has 1 aromatic heterocycles. The highest BCUT2D eigenvalue weighted by atomic mass is 79.9. The molecule has 9 nitrogen and oxygen atoms in total. The summed E-state index contributed by atoms with van der Waals surface area (Å²) in [6.45, 7) is -0.769. The van der Waals surface area contributed by atoms with Gasteiger partial charge in [0.15, 0.2) is 0 Å². The van der Waals surface area contributed by atoms with Gasteiger partial charge in [0.1, 0.15) is 22.9 Å². The van der Waals surface area contributed by atoms with Crippen LogP contribution in [0.2, 0.25) is 0 Å². The second kappa shape index (κ2) is 11.6. The van der Waals surface area contributed by atoms with Gasteiger partial charge < -0.3 is 24.8 Å². The molecule has 4 rings (SSSR count). The van der Waals surface area contributed by atoms with Gasteiger partial charge in [0.05, 0.1) is 42.8 Å². The minimum atomic E-state index is -5.06. The van der Waals surface area contributed by atoms with Crippen LogP contribution in [0, 0.1) is 11.6 Å². The number of pyridine rings is 1. The molecule has 0 saturated heterocycles. The summed E-state index contributed by atoms with van der Waals surface area (Å²) in [6.07, 6.45) is -6.32. The third-order valence-corrected chi connectivity index (χ3v) is 6.44. The zero-order valence-corrected chi connectivity index (χ0v) is 22.1. The number of halogens is 6. The topological polar surface area (TPSA) is 104 Å². The second-order valence-electron chi connectivity index (χ2n) is 8.37. The maximum absolute atomic E-state index is 14.6. The molecule has 2 heterocycles. The lowest BCUT2D eigenvalue weighted by molar-refractivity contribution is -0.139. The van der Waals surface area contributed by atoms with Crippen LogP contribution in [0.4, 0.5) is 43.8 Å². The van der Waals surface area contributed by atoms with E-state index >= 15 is 0 Å². The fraction of sp³-hybridized carbons (Fsp3) is 0.240. The second-order valence-corrected chi connectivity index (χ2v) is 9.12. The highest BCUT2D eigenvalue weighted by Gasteiger charge is 2.40. The lowest BCUT2D eigenvalue weighted by Crippen LogP contribution is -2.45. The number of methoxy groups -OCH3 is 1. The predicted octanol–water partition coefficient (Wildman–Crippen LogP) is 5.69. The van der Waals surface area contributed by atoms with Crippen LogP contribution in [-0.4, -0.2) is 49.0 Å². The summed E-state index contributed by atoms with van der Waals surface area (Å²) in [4.78, 5) is 30.7. The summed E-state index contributed by atoms with van der Waals surface area (Å²) in [6, 6.07) is 7.46. The van der Waals surface area contributed by atoms with Crippen LogP contribution in [0.15, 0.2) is 47.1 Å². The van der Waals surface area contributed by atoms with Crippen molar-refractivity contribution in [2.75, 3.05) is 36.7 Å². The van der Waals surface area contributed by atoms with Gasteiger partial charge in [-0.15, -0.1) is 0 Å². The van der Waals surface area contributed by atoms with Gasteiger partial charge in [-0.25, -0.2) is 18.6 Å². The summed E-state index contributed by atoms with van der Waals surface area (Å²) >= 11 is 3.26. The van der Waals surface area contributed by atoms with Gasteiger partial charge in [-0.05, 0) is 52.3 Å². The Labute approximate surface area is 232 Å². The first-order chi connectivity index (χ1) is 18.9. The molecular formula is C25H20BrF5N4O5. The molecule has 1 aliphatic heterocycles. The van der Waals surface area contributed by atoms with Crippen molar-refractivity contribution >= 4 is 45.0 Å². The van der Waals surface area contributed by atoms with Crippen molar-refractivity contribution in [1.29, 1.82) is 0 Å². The Kier molecular flexibility index (Phi) is 8.44. The molecule has 0 radical (unpaired) electrons. The normalized spacial score (nSPS) is 13.3. The number of nitrogens with one attached hydrogen (secondary N) is 1. The number of carboxylic acid groups (broad SMARTS) is 1. The summed E-state index contributed by atoms with van der Waals surface area (Å²) < 4.78 is 80.5. The molecule has 40 heavy (non-hydrogen) atoms. The number of aromatic nitrogens is 1. The number of anilines is 3. The first-order valence-corrected chi connectivity index (χ1v) is 12.2. The fourth-order valence-corrected chi connectivity index (χ4v) is 4.58. The zero-order valence-electron chi connectivity index (χ0n) is 20.6. The van der Waals surface area contributed by atoms with Crippen LogP contribution in [0.5, 0.6) is 5.88 Å². The molecule has 0 fully saturated rings. The number of fused-ring (bicyclic) bond motifs is 1. The Bertz CT molecular complexity index is 1460. The number of rotatable bonds is 8. The summed E-state index contributed by atoms with van der Waals surface area (Å²) in [5.74, 6) is -2.89. The smallest absolute Gasteiger partial charge is 0.419 e. The van der Waals surface area contributed by atoms with E-state index in [1.807, 2.05) is 0 Å². The van der Waals surface area contributed by atoms with Crippen molar-refractivity contribution in [1.82, 2.24) is 10.3 Å². The molecule has 0 spiro atoms. The highest BCUT2D eigenvalue weighted by molar-refractivity contribution is 9.10. The number of carbonyl (C=O) groups excluding carboxylic acids is 1. The zero-order chi connectivity index (χ0) is 29.2. The molecule has 0 atom stereocenters. The molecule has 0 bridgehead atoms. The number of benzene rings is 2. The number of hydrogen-bond donors (Lipinski definition) is 2. The van der Waals surface area contributed by atoms with Crippen LogP contribution in [-0.2, 0) is 17.5 Å². The van der Waals surface area contributed by atoms with Gasteiger partial charge in [0.2, 0.25) is 5.88 Å². The molecule has 15 heteroatoms. The molecule has 2 N–H and O–H groups in total. The lowest BCUT2D eigenvalue weighted by Gasteiger charge is -2.39. The van der Waals surface area contributed by atoms with E-state index < -0.39 is 35.4 Å². The average Bonchev–Trinajstić information content (AvgIpc) is 2.88. The Balaban J connectivity index is 1.82. The lowest BCUT2D eigenvalue weighted by atomic mass is 10.0. The molecule has 2 aromatic carbocycles. The Morgan fingerprint density at radius 1 is 1.10 bits per heavy atom. The number of alkyl halides is 3. The van der Waals surface area contributed by atoms with Gasteiger partial charge in [-0.3, -0.25) is 9.69 Å². The van der Waals surface area contributed by atoms with Gasteiger partial charge in [-0.2, -0.15) is 13.2 Å². The van der Waals surface area contributed by atoms with E-state index in [0.717, 1.165) is 17.0 Å².